The van der Waals surface area contributed by atoms with Crippen LogP contribution in [0.5, 0.6) is 0 Å². The molecule has 3 fully saturated rings. The molecule has 4 aromatic heterocycles. The molecule has 13 rings (SSSR count). The van der Waals surface area contributed by atoms with Gasteiger partial charge in [0.2, 0.25) is 10.6 Å². The minimum absolute atomic E-state index is 0. The molecule has 0 unspecified atom stereocenters. The first-order valence-corrected chi connectivity index (χ1v) is 35.5. The fourth-order valence-corrected chi connectivity index (χ4v) is 13.1. The van der Waals surface area contributed by atoms with Crippen LogP contribution in [-0.2, 0) is 80.3 Å². The Morgan fingerprint density at radius 3 is 1.18 bits per heavy atom. The summed E-state index contributed by atoms with van der Waals surface area (Å²) >= 11 is 18.0. The summed E-state index contributed by atoms with van der Waals surface area (Å²) in [4.78, 5) is 85.2. The number of carbonyl (C=O) groups is 3. The second-order valence-electron chi connectivity index (χ2n) is 28.8. The van der Waals surface area contributed by atoms with E-state index in [9.17, 15) is 24.8 Å². The van der Waals surface area contributed by atoms with Crippen LogP contribution in [0.3, 0.4) is 0 Å². The number of nitrogens with two attached hydrogens (primary N) is 2. The van der Waals surface area contributed by atoms with E-state index in [1.165, 1.54) is 5.56 Å². The maximum absolute atomic E-state index is 12.7. The Morgan fingerprint density at radius 2 is 0.806 bits per heavy atom. The number of rotatable bonds is 7. The molecule has 30 nitrogen and oxygen atoms in total. The van der Waals surface area contributed by atoms with E-state index in [0.29, 0.717) is 125 Å². The molecular formula is C70H98Cl3N17O13. The number of nitrogens with one attached hydrogen (secondary N) is 1. The summed E-state index contributed by atoms with van der Waals surface area (Å²) < 4.78 is 33.1. The highest BCUT2D eigenvalue weighted by Crippen LogP contribution is 2.36. The lowest BCUT2D eigenvalue weighted by Crippen LogP contribution is -2.70. The first-order chi connectivity index (χ1) is 48.0. The molecule has 33 heteroatoms. The van der Waals surface area contributed by atoms with E-state index in [0.717, 1.165) is 126 Å². The zero-order valence-corrected chi connectivity index (χ0v) is 63.0. The molecule has 0 saturated carbocycles. The number of quaternary nitrogens is 2. The van der Waals surface area contributed by atoms with Crippen LogP contribution in [0.25, 0.3) is 22.8 Å². The van der Waals surface area contributed by atoms with Crippen LogP contribution in [0.4, 0.5) is 43.2 Å². The molecule has 0 radical (unpaired) electrons. The molecule has 9 N–H and O–H groups in total. The number of carbonyl (C=O) groups excluding carboxylic acids is 3. The van der Waals surface area contributed by atoms with Crippen LogP contribution in [-0.4, -0.2) is 204 Å². The van der Waals surface area contributed by atoms with Crippen molar-refractivity contribution in [2.45, 2.75) is 170 Å². The molecule has 6 aromatic rings. The standard InChI is InChI=1S/C23H31N5O4.C18H23N5O2.C17H25ClN4O3.C12H15Cl2N3O2.2H2O/c1-15-14-31-12-11-28(15)21-18-9-10-27(22(29)32-23(2,3)4)13-19(18)24-20(25-21)16-5-7-17(26-30)8-6-16;1-12-11-25-9-8-23(12)18-15-6-7-19-10-16(15)20-17(21-18)13-2-4-14(22-24)5-3-13;1-11-10-24-8-7-22(11)14-12-5-6-21(16(23)25-17(2,3)4)9-13(12)19-15(18)20-14;1-12(2,3)19-11(18)17-5-4-7-8(6-17)15-10(14)16-9(7)13;;/h5-8,15H,9-14,26H2,1-4H3;2-5,12,19H,6-11,22H2,1H3;11H,5-10H2,1-4H3;4-6H2,1-3H3;2*1H2/t15-;12-;11-;;;/m000.../s1. The van der Waals surface area contributed by atoms with Gasteiger partial charge < -0.3 is 95.5 Å². The molecule has 0 aliphatic carbocycles. The van der Waals surface area contributed by atoms with Crippen molar-refractivity contribution in [3.63, 3.8) is 0 Å². The number of hydrogen-bond donors (Lipinski definition) is 3. The predicted octanol–water partition coefficient (Wildman–Crippen LogP) is 7.14. The summed E-state index contributed by atoms with van der Waals surface area (Å²) in [5.41, 5.74) is 10.7. The summed E-state index contributed by atoms with van der Waals surface area (Å²) in [5, 5.41) is 26.0. The summed E-state index contributed by atoms with van der Waals surface area (Å²) in [6.07, 6.45) is 1.88. The average Bonchev–Trinajstić information content (AvgIpc) is 0.782. The largest absolute Gasteiger partial charge is 0.630 e. The third kappa shape index (κ3) is 21.3. The first-order valence-electron chi connectivity index (χ1n) is 34.4. The Bertz CT molecular complexity index is 3890. The number of amides is 3. The smallest absolute Gasteiger partial charge is 0.410 e. The molecule has 7 aliphatic heterocycles. The molecule has 103 heavy (non-hydrogen) atoms. The van der Waals surface area contributed by atoms with Crippen molar-refractivity contribution >= 4 is 81.9 Å². The van der Waals surface area contributed by atoms with Gasteiger partial charge in [-0.15, -0.1) is 0 Å². The molecule has 562 valence electrons. The molecule has 0 spiro atoms. The monoisotopic (exact) mass is 1490 g/mol. The minimum atomic E-state index is -0.553. The maximum Gasteiger partial charge on any atom is 0.410 e. The number of fused-ring (bicyclic) bond motifs is 4. The summed E-state index contributed by atoms with van der Waals surface area (Å²) in [6, 6.07) is 15.4. The van der Waals surface area contributed by atoms with Gasteiger partial charge in [0.25, 0.3) is 0 Å². The molecule has 11 heterocycles. The zero-order chi connectivity index (χ0) is 72.5. The van der Waals surface area contributed by atoms with Gasteiger partial charge >= 0.3 is 18.3 Å². The van der Waals surface area contributed by atoms with Crippen molar-refractivity contribution in [3.05, 3.63) is 120 Å². The van der Waals surface area contributed by atoms with Gasteiger partial charge in [0.1, 0.15) is 50.8 Å². The van der Waals surface area contributed by atoms with Gasteiger partial charge in [0.05, 0.1) is 100 Å². The highest BCUT2D eigenvalue weighted by Gasteiger charge is 2.36. The van der Waals surface area contributed by atoms with E-state index in [1.807, 2.05) is 86.6 Å². The molecule has 0 bridgehead atoms. The lowest BCUT2D eigenvalue weighted by molar-refractivity contribution is -0.497. The normalized spacial score (nSPS) is 18.7. The average molecular weight is 1490 g/mol. The van der Waals surface area contributed by atoms with Gasteiger partial charge in [-0.1, -0.05) is 11.6 Å². The van der Waals surface area contributed by atoms with Crippen LogP contribution in [0.2, 0.25) is 15.7 Å². The number of aromatic nitrogens is 8. The molecular weight excluding hydrogens is 1390 g/mol. The van der Waals surface area contributed by atoms with Crippen molar-refractivity contribution in [2.75, 3.05) is 100 Å². The van der Waals surface area contributed by atoms with Crippen LogP contribution in [0.1, 0.15) is 128 Å². The van der Waals surface area contributed by atoms with Crippen molar-refractivity contribution in [1.29, 1.82) is 0 Å². The fourth-order valence-electron chi connectivity index (χ4n) is 12.5. The number of anilines is 3. The van der Waals surface area contributed by atoms with E-state index in [2.05, 4.69) is 60.7 Å². The van der Waals surface area contributed by atoms with Crippen molar-refractivity contribution < 1.29 is 64.7 Å². The number of ether oxygens (including phenoxy) is 6. The maximum atomic E-state index is 12.7. The lowest BCUT2D eigenvalue weighted by Gasteiger charge is -2.38. The van der Waals surface area contributed by atoms with E-state index >= 15 is 0 Å². The Kier molecular flexibility index (Phi) is 27.9. The number of benzene rings is 2. The number of morpholine rings is 3. The highest BCUT2D eigenvalue weighted by atomic mass is 35.5. The van der Waals surface area contributed by atoms with Gasteiger partial charge in [-0.05, 0) is 187 Å². The van der Waals surface area contributed by atoms with Crippen LogP contribution >= 0.6 is 34.8 Å². The van der Waals surface area contributed by atoms with E-state index < -0.39 is 16.8 Å². The number of nitrogens with zero attached hydrogens (tertiary/aromatic N) is 14. The molecule has 3 saturated heterocycles. The Labute approximate surface area is 616 Å². The van der Waals surface area contributed by atoms with Gasteiger partial charge in [-0.3, -0.25) is 0 Å². The number of halogens is 3. The molecule has 7 aliphatic rings. The summed E-state index contributed by atoms with van der Waals surface area (Å²) in [7, 11) is 0. The molecule has 3 amide bonds. The second-order valence-corrected chi connectivity index (χ2v) is 29.8. The SMILES string of the molecule is CC(C)(C)OC(=O)N1CCc2c(Cl)nc(Cl)nc2C1.C[C@H]1COCCN1c1nc(-c2ccc([NH2+][O-])cc2)nc2c1CCN(C(=O)OC(C)(C)C)C2.C[C@H]1COCCN1c1nc(-c2ccc([NH2+][O-])cc2)nc2c1CCNC2.C[C@H]1COCCN1c1nc(Cl)nc2c1CCN(C(=O)OC(C)(C)C)C2.O.O. The third-order valence-electron chi connectivity index (χ3n) is 17.4. The minimum Gasteiger partial charge on any atom is -0.630 e. The van der Waals surface area contributed by atoms with Gasteiger partial charge in [0.15, 0.2) is 11.6 Å². The predicted molar refractivity (Wildman–Crippen MR) is 390 cm³/mol. The van der Waals surface area contributed by atoms with Crippen molar-refractivity contribution in [3.8, 4) is 22.8 Å². The van der Waals surface area contributed by atoms with Crippen LogP contribution in [0.15, 0.2) is 48.5 Å². The topological polar surface area (TPSA) is 384 Å². The van der Waals surface area contributed by atoms with Crippen LogP contribution < -0.4 is 31.0 Å². The van der Waals surface area contributed by atoms with Gasteiger partial charge in [0, 0.05) is 79.2 Å². The Balaban J connectivity index is 0.000000176. The first kappa shape index (κ1) is 81.1. The van der Waals surface area contributed by atoms with Crippen molar-refractivity contribution in [1.82, 2.24) is 59.9 Å². The fraction of sp³-hybridized carbons (Fsp3) is 0.557. The van der Waals surface area contributed by atoms with E-state index in [-0.39, 0.29) is 51.9 Å². The Morgan fingerprint density at radius 1 is 0.466 bits per heavy atom. The van der Waals surface area contributed by atoms with Crippen LogP contribution in [0, 0.1) is 10.4 Å². The van der Waals surface area contributed by atoms with Gasteiger partial charge in [-0.2, -0.15) is 0 Å². The Hall–Kier alpha value is -7.56. The van der Waals surface area contributed by atoms with Gasteiger partial charge in [-0.25, -0.2) is 54.3 Å². The molecule has 3 atom stereocenters. The summed E-state index contributed by atoms with van der Waals surface area (Å²) in [6.45, 7) is 34.0. The zero-order valence-electron chi connectivity index (χ0n) is 60.7. The summed E-state index contributed by atoms with van der Waals surface area (Å²) in [5.74, 6) is 4.12. The third-order valence-corrected chi connectivity index (χ3v) is 18.1. The van der Waals surface area contributed by atoms with E-state index in [4.69, 9.17) is 83.2 Å². The highest BCUT2D eigenvalue weighted by molar-refractivity contribution is 6.32. The second kappa shape index (κ2) is 35.5. The number of hydrogen-bond acceptors (Lipinski definition) is 23. The van der Waals surface area contributed by atoms with Crippen molar-refractivity contribution in [2.24, 2.45) is 0 Å². The lowest BCUT2D eigenvalue weighted by atomic mass is 10.0. The quantitative estimate of drug-likeness (QED) is 0.0470. The molecule has 2 aromatic carbocycles. The van der Waals surface area contributed by atoms with E-state index in [1.54, 1.807) is 39.0 Å².